The van der Waals surface area contributed by atoms with Crippen LogP contribution in [0.2, 0.25) is 0 Å². The standard InChI is InChI=1S/C21H19F2N3O3S/c22-20(23)29-16-9-3-1-6-13(16)12-18(27)26-11-5-8-15(26)19(28)25-21-24-14-7-2-4-10-17(14)30-21/h1-4,6-7,9-10,15,20H,5,8,11-12H2,(H,24,25,28). The number of aromatic nitrogens is 1. The number of amides is 2. The van der Waals surface area contributed by atoms with Gasteiger partial charge in [-0.05, 0) is 31.0 Å². The average molecular weight is 431 g/mol. The largest absolute Gasteiger partial charge is 0.435 e. The van der Waals surface area contributed by atoms with Crippen LogP contribution in [0.1, 0.15) is 18.4 Å². The molecule has 0 saturated carbocycles. The van der Waals surface area contributed by atoms with Gasteiger partial charge in [-0.25, -0.2) is 4.98 Å². The molecular formula is C21H19F2N3O3S. The Morgan fingerprint density at radius 3 is 2.77 bits per heavy atom. The van der Waals surface area contributed by atoms with Gasteiger partial charge in [0.1, 0.15) is 11.8 Å². The predicted octanol–water partition coefficient (Wildman–Crippen LogP) is 4.07. The Labute approximate surface area is 175 Å². The van der Waals surface area contributed by atoms with Gasteiger partial charge in [0.25, 0.3) is 0 Å². The number of rotatable bonds is 6. The van der Waals surface area contributed by atoms with Crippen molar-refractivity contribution in [2.45, 2.75) is 31.9 Å². The first-order valence-electron chi connectivity index (χ1n) is 9.50. The van der Waals surface area contributed by atoms with Gasteiger partial charge >= 0.3 is 6.61 Å². The van der Waals surface area contributed by atoms with Gasteiger partial charge in [-0.15, -0.1) is 0 Å². The monoisotopic (exact) mass is 431 g/mol. The molecule has 1 N–H and O–H groups in total. The number of carbonyl (C=O) groups is 2. The lowest BCUT2D eigenvalue weighted by atomic mass is 10.1. The van der Waals surface area contributed by atoms with E-state index < -0.39 is 12.7 Å². The Balaban J connectivity index is 1.45. The van der Waals surface area contributed by atoms with Crippen LogP contribution in [0.5, 0.6) is 5.75 Å². The molecule has 1 atom stereocenters. The molecule has 0 aliphatic carbocycles. The molecule has 0 bridgehead atoms. The van der Waals surface area contributed by atoms with Crippen molar-refractivity contribution in [3.63, 3.8) is 0 Å². The van der Waals surface area contributed by atoms with Crippen molar-refractivity contribution < 1.29 is 23.1 Å². The second-order valence-electron chi connectivity index (χ2n) is 6.88. The van der Waals surface area contributed by atoms with E-state index in [-0.39, 0.29) is 24.0 Å². The highest BCUT2D eigenvalue weighted by Crippen LogP contribution is 2.28. The van der Waals surface area contributed by atoms with E-state index >= 15 is 0 Å². The lowest BCUT2D eigenvalue weighted by Crippen LogP contribution is -2.43. The Hall–Kier alpha value is -3.07. The molecule has 0 radical (unpaired) electrons. The number of nitrogens with one attached hydrogen (secondary N) is 1. The highest BCUT2D eigenvalue weighted by molar-refractivity contribution is 7.22. The van der Waals surface area contributed by atoms with Crippen molar-refractivity contribution in [2.24, 2.45) is 0 Å². The Bertz CT molecular complexity index is 1040. The van der Waals surface area contributed by atoms with E-state index in [0.717, 1.165) is 10.2 Å². The number of fused-ring (bicyclic) bond motifs is 1. The number of anilines is 1. The molecule has 4 rings (SSSR count). The van der Waals surface area contributed by atoms with Crippen LogP contribution in [0.4, 0.5) is 13.9 Å². The number of alkyl halides is 2. The molecular weight excluding hydrogens is 412 g/mol. The van der Waals surface area contributed by atoms with Crippen molar-refractivity contribution >= 4 is 38.5 Å². The number of benzene rings is 2. The molecule has 156 valence electrons. The second kappa shape index (κ2) is 8.74. The van der Waals surface area contributed by atoms with Crippen LogP contribution < -0.4 is 10.1 Å². The van der Waals surface area contributed by atoms with E-state index in [0.29, 0.717) is 30.1 Å². The maximum absolute atomic E-state index is 12.9. The minimum atomic E-state index is -2.97. The quantitative estimate of drug-likeness (QED) is 0.639. The Kier molecular flexibility index (Phi) is 5.89. The molecule has 1 saturated heterocycles. The van der Waals surface area contributed by atoms with Gasteiger partial charge in [0.2, 0.25) is 11.8 Å². The van der Waals surface area contributed by atoms with Gasteiger partial charge in [-0.3, -0.25) is 9.59 Å². The van der Waals surface area contributed by atoms with Crippen molar-refractivity contribution in [2.75, 3.05) is 11.9 Å². The summed E-state index contributed by atoms with van der Waals surface area (Å²) >= 11 is 1.37. The van der Waals surface area contributed by atoms with Crippen LogP contribution in [0.15, 0.2) is 48.5 Å². The van der Waals surface area contributed by atoms with Crippen molar-refractivity contribution in [1.82, 2.24) is 9.88 Å². The van der Waals surface area contributed by atoms with Crippen LogP contribution in [0, 0.1) is 0 Å². The van der Waals surface area contributed by atoms with E-state index in [1.807, 2.05) is 24.3 Å². The summed E-state index contributed by atoms with van der Waals surface area (Å²) in [6, 6.07) is 13.1. The van der Waals surface area contributed by atoms with Gasteiger partial charge < -0.3 is 15.0 Å². The summed E-state index contributed by atoms with van der Waals surface area (Å²) in [5.41, 5.74) is 1.16. The maximum atomic E-state index is 12.9. The number of halogens is 2. The Morgan fingerprint density at radius 1 is 1.20 bits per heavy atom. The summed E-state index contributed by atoms with van der Waals surface area (Å²) in [5, 5.41) is 3.29. The van der Waals surface area contributed by atoms with Crippen LogP contribution in [-0.2, 0) is 16.0 Å². The van der Waals surface area contributed by atoms with Gasteiger partial charge in [0, 0.05) is 12.1 Å². The molecule has 1 fully saturated rings. The molecule has 0 spiro atoms. The second-order valence-corrected chi connectivity index (χ2v) is 7.91. The maximum Gasteiger partial charge on any atom is 0.387 e. The zero-order valence-electron chi connectivity index (χ0n) is 15.9. The van der Waals surface area contributed by atoms with E-state index in [4.69, 9.17) is 0 Å². The van der Waals surface area contributed by atoms with Crippen LogP contribution in [0.3, 0.4) is 0 Å². The van der Waals surface area contributed by atoms with Gasteiger partial charge in [-0.1, -0.05) is 41.7 Å². The number of likely N-dealkylation sites (tertiary alicyclic amines) is 1. The summed E-state index contributed by atoms with van der Waals surface area (Å²) in [6.45, 7) is -2.53. The molecule has 3 aromatic rings. The van der Waals surface area contributed by atoms with E-state index in [2.05, 4.69) is 15.0 Å². The minimum absolute atomic E-state index is 0.0319. The van der Waals surface area contributed by atoms with Gasteiger partial charge in [0.15, 0.2) is 5.13 Å². The van der Waals surface area contributed by atoms with Crippen LogP contribution in [0.25, 0.3) is 10.2 Å². The number of hydrogen-bond acceptors (Lipinski definition) is 5. The third kappa shape index (κ3) is 4.40. The van der Waals surface area contributed by atoms with Crippen LogP contribution in [-0.4, -0.2) is 40.9 Å². The molecule has 2 aromatic carbocycles. The first kappa shape index (κ1) is 20.2. The van der Waals surface area contributed by atoms with Crippen molar-refractivity contribution in [3.8, 4) is 5.75 Å². The lowest BCUT2D eigenvalue weighted by Gasteiger charge is -2.24. The SMILES string of the molecule is O=C(Nc1nc2ccccc2s1)C1CCCN1C(=O)Cc1ccccc1OC(F)F. The number of para-hydroxylation sites is 2. The summed E-state index contributed by atoms with van der Waals surface area (Å²) in [6.07, 6.45) is 1.12. The first-order valence-corrected chi connectivity index (χ1v) is 10.3. The summed E-state index contributed by atoms with van der Waals surface area (Å²) in [7, 11) is 0. The molecule has 6 nitrogen and oxygen atoms in total. The molecule has 1 aliphatic rings. The van der Waals surface area contributed by atoms with E-state index in [1.54, 1.807) is 18.2 Å². The molecule has 2 amide bonds. The minimum Gasteiger partial charge on any atom is -0.435 e. The van der Waals surface area contributed by atoms with Crippen LogP contribution >= 0.6 is 11.3 Å². The highest BCUT2D eigenvalue weighted by atomic mass is 32.1. The lowest BCUT2D eigenvalue weighted by molar-refractivity contribution is -0.136. The predicted molar refractivity (Wildman–Crippen MR) is 110 cm³/mol. The third-order valence-corrected chi connectivity index (χ3v) is 5.88. The third-order valence-electron chi connectivity index (χ3n) is 4.93. The molecule has 9 heteroatoms. The van der Waals surface area contributed by atoms with Crippen molar-refractivity contribution in [1.29, 1.82) is 0 Å². The van der Waals surface area contributed by atoms with Gasteiger partial charge in [0.05, 0.1) is 16.6 Å². The summed E-state index contributed by atoms with van der Waals surface area (Å²) in [5.74, 6) is -0.630. The smallest absolute Gasteiger partial charge is 0.387 e. The number of ether oxygens (including phenoxy) is 1. The number of hydrogen-bond donors (Lipinski definition) is 1. The summed E-state index contributed by atoms with van der Waals surface area (Å²) < 4.78 is 30.7. The normalized spacial score (nSPS) is 16.2. The highest BCUT2D eigenvalue weighted by Gasteiger charge is 2.34. The molecule has 1 aromatic heterocycles. The van der Waals surface area contributed by atoms with Gasteiger partial charge in [-0.2, -0.15) is 8.78 Å². The molecule has 2 heterocycles. The zero-order chi connectivity index (χ0) is 21.1. The number of nitrogens with zero attached hydrogens (tertiary/aromatic N) is 2. The fourth-order valence-electron chi connectivity index (χ4n) is 3.58. The van der Waals surface area contributed by atoms with Crippen molar-refractivity contribution in [3.05, 3.63) is 54.1 Å². The molecule has 1 unspecified atom stereocenters. The fourth-order valence-corrected chi connectivity index (χ4v) is 4.45. The average Bonchev–Trinajstić information content (AvgIpc) is 3.35. The van der Waals surface area contributed by atoms with E-state index in [9.17, 15) is 18.4 Å². The number of carbonyl (C=O) groups excluding carboxylic acids is 2. The molecule has 30 heavy (non-hydrogen) atoms. The molecule has 1 aliphatic heterocycles. The summed E-state index contributed by atoms with van der Waals surface area (Å²) in [4.78, 5) is 31.6. The van der Waals surface area contributed by atoms with E-state index in [1.165, 1.54) is 22.3 Å². The first-order chi connectivity index (χ1) is 14.5. The zero-order valence-corrected chi connectivity index (χ0v) is 16.7. The fraction of sp³-hybridized carbons (Fsp3) is 0.286. The topological polar surface area (TPSA) is 71.5 Å². The number of thiazole rings is 1. The Morgan fingerprint density at radius 2 is 1.97 bits per heavy atom.